The first-order chi connectivity index (χ1) is 10.9. The maximum atomic E-state index is 12.2. The lowest BCUT2D eigenvalue weighted by atomic mass is 10.1. The van der Waals surface area contributed by atoms with Crippen LogP contribution < -0.4 is 10.4 Å². The van der Waals surface area contributed by atoms with Gasteiger partial charge < -0.3 is 4.74 Å². The first-order valence-electron chi connectivity index (χ1n) is 7.03. The molecule has 3 heterocycles. The molecule has 0 unspecified atom stereocenters. The standard InChI is InChI=1S/C14H14Cl2N4O2S/c1-4-22-13-17-12-9(8-5-7(15)11(16)23-8)10(6(2)3)19-20(12)14(21)18-13/h5-6H,4H2,1-3H3,(H,17,18,21). The minimum Gasteiger partial charge on any atom is -0.465 e. The maximum absolute atomic E-state index is 12.2. The number of halogens is 2. The van der Waals surface area contributed by atoms with Gasteiger partial charge in [-0.1, -0.05) is 37.0 Å². The number of rotatable bonds is 4. The van der Waals surface area contributed by atoms with Crippen LogP contribution in [0.2, 0.25) is 9.36 Å². The molecule has 23 heavy (non-hydrogen) atoms. The number of hydrogen-bond donors (Lipinski definition) is 1. The van der Waals surface area contributed by atoms with Gasteiger partial charge >= 0.3 is 5.69 Å². The first kappa shape index (κ1) is 16.3. The Bertz CT molecular complexity index is 909. The Morgan fingerprint density at radius 2 is 2.17 bits per heavy atom. The van der Waals surface area contributed by atoms with Crippen LogP contribution >= 0.6 is 34.5 Å². The van der Waals surface area contributed by atoms with Crippen molar-refractivity contribution in [1.82, 2.24) is 19.6 Å². The molecule has 6 nitrogen and oxygen atoms in total. The maximum Gasteiger partial charge on any atom is 0.352 e. The van der Waals surface area contributed by atoms with E-state index in [2.05, 4.69) is 15.1 Å². The van der Waals surface area contributed by atoms with Gasteiger partial charge in [0, 0.05) is 4.88 Å². The van der Waals surface area contributed by atoms with Crippen LogP contribution in [0, 0.1) is 0 Å². The van der Waals surface area contributed by atoms with E-state index < -0.39 is 5.69 Å². The van der Waals surface area contributed by atoms with Crippen molar-refractivity contribution in [3.63, 3.8) is 0 Å². The molecule has 0 aliphatic heterocycles. The van der Waals surface area contributed by atoms with Crippen molar-refractivity contribution in [3.8, 4) is 16.5 Å². The van der Waals surface area contributed by atoms with Crippen molar-refractivity contribution in [2.45, 2.75) is 26.7 Å². The van der Waals surface area contributed by atoms with E-state index in [9.17, 15) is 4.79 Å². The van der Waals surface area contributed by atoms with Crippen LogP contribution in [-0.4, -0.2) is 26.2 Å². The molecule has 0 saturated heterocycles. The molecule has 0 saturated carbocycles. The molecule has 0 aliphatic rings. The van der Waals surface area contributed by atoms with Gasteiger partial charge in [0.05, 0.1) is 22.9 Å². The number of fused-ring (bicyclic) bond motifs is 1. The summed E-state index contributed by atoms with van der Waals surface area (Å²) < 4.78 is 7.06. The van der Waals surface area contributed by atoms with E-state index in [0.29, 0.717) is 21.6 Å². The second-order valence-electron chi connectivity index (χ2n) is 5.16. The number of nitrogens with zero attached hydrogens (tertiary/aromatic N) is 3. The molecule has 0 amide bonds. The number of nitrogens with one attached hydrogen (secondary N) is 1. The van der Waals surface area contributed by atoms with Crippen LogP contribution in [0.25, 0.3) is 16.1 Å². The smallest absolute Gasteiger partial charge is 0.352 e. The molecule has 3 aromatic heterocycles. The zero-order valence-electron chi connectivity index (χ0n) is 12.7. The number of aromatic amines is 1. The molecule has 0 aromatic carbocycles. The summed E-state index contributed by atoms with van der Waals surface area (Å²) in [5, 5.41) is 4.87. The van der Waals surface area contributed by atoms with E-state index in [-0.39, 0.29) is 11.9 Å². The Kier molecular flexibility index (Phi) is 4.35. The molecule has 0 aliphatic carbocycles. The predicted molar refractivity (Wildman–Crippen MR) is 92.2 cm³/mol. The highest BCUT2D eigenvalue weighted by molar-refractivity contribution is 7.20. The minimum absolute atomic E-state index is 0.0984. The third-order valence-corrected chi connectivity index (χ3v) is 5.10. The van der Waals surface area contributed by atoms with Crippen LogP contribution in [0.1, 0.15) is 32.4 Å². The van der Waals surface area contributed by atoms with E-state index >= 15 is 0 Å². The zero-order valence-corrected chi connectivity index (χ0v) is 15.0. The van der Waals surface area contributed by atoms with Crippen molar-refractivity contribution in [2.24, 2.45) is 0 Å². The van der Waals surface area contributed by atoms with E-state index in [0.717, 1.165) is 16.1 Å². The van der Waals surface area contributed by atoms with E-state index in [4.69, 9.17) is 27.9 Å². The van der Waals surface area contributed by atoms with Crippen molar-refractivity contribution in [3.05, 3.63) is 31.6 Å². The summed E-state index contributed by atoms with van der Waals surface area (Å²) in [6, 6.07) is 1.93. The van der Waals surface area contributed by atoms with Crippen molar-refractivity contribution in [2.75, 3.05) is 6.61 Å². The van der Waals surface area contributed by atoms with Crippen LogP contribution in [0.15, 0.2) is 10.9 Å². The van der Waals surface area contributed by atoms with E-state index in [1.54, 1.807) is 6.07 Å². The Hall–Kier alpha value is -1.57. The van der Waals surface area contributed by atoms with E-state index in [1.165, 1.54) is 15.9 Å². The zero-order chi connectivity index (χ0) is 16.7. The van der Waals surface area contributed by atoms with Gasteiger partial charge in [-0.15, -0.1) is 11.3 Å². The van der Waals surface area contributed by atoms with Gasteiger partial charge in [-0.3, -0.25) is 4.98 Å². The largest absolute Gasteiger partial charge is 0.465 e. The number of hydrogen-bond acceptors (Lipinski definition) is 5. The van der Waals surface area contributed by atoms with Gasteiger partial charge in [0.25, 0.3) is 6.01 Å². The third kappa shape index (κ3) is 2.84. The average molecular weight is 373 g/mol. The lowest BCUT2D eigenvalue weighted by Crippen LogP contribution is -2.20. The monoisotopic (exact) mass is 372 g/mol. The second kappa shape index (κ2) is 6.14. The number of aromatic nitrogens is 4. The van der Waals surface area contributed by atoms with Gasteiger partial charge in [-0.2, -0.15) is 14.6 Å². The average Bonchev–Trinajstić information content (AvgIpc) is 3.01. The Morgan fingerprint density at radius 3 is 2.74 bits per heavy atom. The topological polar surface area (TPSA) is 72.3 Å². The molecule has 0 radical (unpaired) electrons. The molecule has 9 heteroatoms. The van der Waals surface area contributed by atoms with Crippen LogP contribution in [-0.2, 0) is 0 Å². The lowest BCUT2D eigenvalue weighted by molar-refractivity contribution is 0.310. The number of thiophene rings is 1. The molecule has 122 valence electrons. The van der Waals surface area contributed by atoms with Crippen molar-refractivity contribution >= 4 is 40.2 Å². The Labute approximate surface area is 146 Å². The van der Waals surface area contributed by atoms with Gasteiger partial charge in [0.15, 0.2) is 5.65 Å². The number of ether oxygens (including phenoxy) is 1. The fourth-order valence-electron chi connectivity index (χ4n) is 2.25. The van der Waals surface area contributed by atoms with Gasteiger partial charge in [-0.25, -0.2) is 4.79 Å². The fourth-order valence-corrected chi connectivity index (χ4v) is 3.67. The van der Waals surface area contributed by atoms with Crippen LogP contribution in [0.3, 0.4) is 0 Å². The molecule has 0 bridgehead atoms. The Balaban J connectivity index is 2.36. The fraction of sp³-hybridized carbons (Fsp3) is 0.357. The minimum atomic E-state index is -0.402. The summed E-state index contributed by atoms with van der Waals surface area (Å²) in [5.41, 5.74) is 1.54. The van der Waals surface area contributed by atoms with Crippen LogP contribution in [0.4, 0.5) is 0 Å². The summed E-state index contributed by atoms with van der Waals surface area (Å²) in [5.74, 6) is 0.0984. The normalized spacial score (nSPS) is 11.6. The summed E-state index contributed by atoms with van der Waals surface area (Å²) in [7, 11) is 0. The van der Waals surface area contributed by atoms with Crippen molar-refractivity contribution in [1.29, 1.82) is 0 Å². The van der Waals surface area contributed by atoms with Crippen LogP contribution in [0.5, 0.6) is 6.01 Å². The summed E-state index contributed by atoms with van der Waals surface area (Å²) in [6.07, 6.45) is 0. The molecule has 1 N–H and O–H groups in total. The number of H-pyrrole nitrogens is 1. The molecule has 3 aromatic rings. The summed E-state index contributed by atoms with van der Waals surface area (Å²) >= 11 is 13.5. The SMILES string of the molecule is CCOc1nc2c(-c3cc(Cl)c(Cl)s3)c(C(C)C)nn2c(=O)[nH]1. The van der Waals surface area contributed by atoms with E-state index in [1.807, 2.05) is 20.8 Å². The van der Waals surface area contributed by atoms with Gasteiger partial charge in [0.2, 0.25) is 0 Å². The molecular weight excluding hydrogens is 359 g/mol. The third-order valence-electron chi connectivity index (χ3n) is 3.22. The summed E-state index contributed by atoms with van der Waals surface area (Å²) in [4.78, 5) is 20.0. The predicted octanol–water partition coefficient (Wildman–Crippen LogP) is 3.98. The van der Waals surface area contributed by atoms with Gasteiger partial charge in [0.1, 0.15) is 4.34 Å². The highest BCUT2D eigenvalue weighted by Gasteiger charge is 2.23. The highest BCUT2D eigenvalue weighted by atomic mass is 35.5. The molecule has 0 fully saturated rings. The molecule has 0 spiro atoms. The molecular formula is C14H14Cl2N4O2S. The molecule has 0 atom stereocenters. The Morgan fingerprint density at radius 1 is 1.43 bits per heavy atom. The highest BCUT2D eigenvalue weighted by Crippen LogP contribution is 2.41. The first-order valence-corrected chi connectivity index (χ1v) is 8.60. The second-order valence-corrected chi connectivity index (χ2v) is 7.22. The quantitative estimate of drug-likeness (QED) is 0.751. The van der Waals surface area contributed by atoms with Crippen molar-refractivity contribution < 1.29 is 4.74 Å². The summed E-state index contributed by atoms with van der Waals surface area (Å²) in [6.45, 7) is 6.22. The van der Waals surface area contributed by atoms with Gasteiger partial charge in [-0.05, 0) is 18.9 Å². The lowest BCUT2D eigenvalue weighted by Gasteiger charge is -2.03. The molecule has 3 rings (SSSR count).